The number of hydrogen-bond acceptors (Lipinski definition) is 2. The third-order valence-electron chi connectivity index (χ3n) is 7.48. The normalized spacial score (nSPS) is 11.8. The largest absolute Gasteiger partial charge is 0.256 e. The predicted octanol–water partition coefficient (Wildman–Crippen LogP) is 11.1. The Kier molecular flexibility index (Phi) is 8.88. The number of benzene rings is 6. The Morgan fingerprint density at radius 2 is 0.698 bits per heavy atom. The van der Waals surface area contributed by atoms with E-state index in [1.807, 2.05) is 61.0 Å². The summed E-state index contributed by atoms with van der Waals surface area (Å²) in [5, 5.41) is 0. The van der Waals surface area contributed by atoms with E-state index in [0.717, 1.165) is 31.4 Å². The van der Waals surface area contributed by atoms with Crippen LogP contribution < -0.4 is 0 Å². The SMILES string of the molecule is Brc1ccc(C=Nc2ccc(C(c3ccccc3)(c3ccccc3)c3ccc(N=Cc4ccc(Br)cc4)cc3)cc2)cc1. The van der Waals surface area contributed by atoms with Crippen LogP contribution in [0.5, 0.6) is 0 Å². The first-order valence-electron chi connectivity index (χ1n) is 14.0. The third kappa shape index (κ3) is 6.51. The van der Waals surface area contributed by atoms with Gasteiger partial charge in [-0.1, -0.05) is 141 Å². The average molecular weight is 684 g/mol. The molecule has 0 radical (unpaired) electrons. The summed E-state index contributed by atoms with van der Waals surface area (Å²) in [6.45, 7) is 0. The lowest BCUT2D eigenvalue weighted by Crippen LogP contribution is -2.30. The van der Waals surface area contributed by atoms with E-state index in [2.05, 4.69) is 141 Å². The summed E-state index contributed by atoms with van der Waals surface area (Å²) < 4.78 is 2.10. The lowest BCUT2D eigenvalue weighted by molar-refractivity contribution is 0.745. The van der Waals surface area contributed by atoms with Crippen LogP contribution in [0.2, 0.25) is 0 Å². The van der Waals surface area contributed by atoms with Crippen molar-refractivity contribution in [1.82, 2.24) is 0 Å². The Morgan fingerprint density at radius 1 is 0.372 bits per heavy atom. The van der Waals surface area contributed by atoms with Crippen LogP contribution in [-0.4, -0.2) is 12.4 Å². The fraction of sp³-hybridized carbons (Fsp3) is 0.0256. The van der Waals surface area contributed by atoms with Crippen LogP contribution >= 0.6 is 31.9 Å². The molecule has 0 aromatic heterocycles. The topological polar surface area (TPSA) is 24.7 Å². The third-order valence-corrected chi connectivity index (χ3v) is 8.54. The molecule has 6 aromatic rings. The maximum Gasteiger partial charge on any atom is 0.0701 e. The van der Waals surface area contributed by atoms with E-state index >= 15 is 0 Å². The van der Waals surface area contributed by atoms with Crippen molar-refractivity contribution in [2.75, 3.05) is 0 Å². The number of halogens is 2. The van der Waals surface area contributed by atoms with Gasteiger partial charge in [0.1, 0.15) is 0 Å². The molecule has 208 valence electrons. The molecule has 43 heavy (non-hydrogen) atoms. The smallest absolute Gasteiger partial charge is 0.0701 e. The Hall–Kier alpha value is -4.38. The molecule has 6 rings (SSSR count). The molecule has 0 aliphatic heterocycles. The molecule has 0 heterocycles. The number of nitrogens with zero attached hydrogens (tertiary/aromatic N) is 2. The van der Waals surface area contributed by atoms with Crippen LogP contribution in [0.4, 0.5) is 11.4 Å². The molecule has 0 bridgehead atoms. The summed E-state index contributed by atoms with van der Waals surface area (Å²) in [5.74, 6) is 0. The molecule has 0 aliphatic rings. The minimum atomic E-state index is -0.537. The highest BCUT2D eigenvalue weighted by Crippen LogP contribution is 2.45. The van der Waals surface area contributed by atoms with Gasteiger partial charge >= 0.3 is 0 Å². The van der Waals surface area contributed by atoms with E-state index < -0.39 is 5.41 Å². The van der Waals surface area contributed by atoms with Crippen molar-refractivity contribution in [2.45, 2.75) is 5.41 Å². The van der Waals surface area contributed by atoms with Gasteiger partial charge in [0.15, 0.2) is 0 Å². The van der Waals surface area contributed by atoms with Gasteiger partial charge in [0.25, 0.3) is 0 Å². The molecule has 0 aliphatic carbocycles. The molecule has 0 fully saturated rings. The van der Waals surface area contributed by atoms with Gasteiger partial charge < -0.3 is 0 Å². The molecule has 0 amide bonds. The summed E-state index contributed by atoms with van der Waals surface area (Å²) in [6.07, 6.45) is 3.80. The van der Waals surface area contributed by atoms with Crippen molar-refractivity contribution in [3.63, 3.8) is 0 Å². The Morgan fingerprint density at radius 3 is 1.05 bits per heavy atom. The van der Waals surface area contributed by atoms with E-state index in [4.69, 9.17) is 9.98 Å². The van der Waals surface area contributed by atoms with Crippen LogP contribution in [0, 0.1) is 0 Å². The van der Waals surface area contributed by atoms with E-state index in [1.54, 1.807) is 0 Å². The molecule has 0 saturated carbocycles. The molecule has 0 atom stereocenters. The van der Waals surface area contributed by atoms with Crippen LogP contribution in [0.15, 0.2) is 177 Å². The first kappa shape index (κ1) is 28.7. The van der Waals surface area contributed by atoms with Crippen molar-refractivity contribution in [3.05, 3.63) is 200 Å². The fourth-order valence-corrected chi connectivity index (χ4v) is 5.90. The van der Waals surface area contributed by atoms with Gasteiger partial charge in [0.05, 0.1) is 16.8 Å². The monoisotopic (exact) mass is 682 g/mol. The van der Waals surface area contributed by atoms with E-state index in [-0.39, 0.29) is 0 Å². The van der Waals surface area contributed by atoms with Gasteiger partial charge in [-0.05, 0) is 81.9 Å². The summed E-state index contributed by atoms with van der Waals surface area (Å²) in [7, 11) is 0. The first-order valence-corrected chi connectivity index (χ1v) is 15.6. The van der Waals surface area contributed by atoms with Crippen molar-refractivity contribution in [3.8, 4) is 0 Å². The van der Waals surface area contributed by atoms with Crippen LogP contribution in [0.1, 0.15) is 33.4 Å². The highest BCUT2D eigenvalue weighted by atomic mass is 79.9. The summed E-state index contributed by atoms with van der Waals surface area (Å²) in [6, 6.07) is 54.9. The van der Waals surface area contributed by atoms with Crippen molar-refractivity contribution in [2.24, 2.45) is 9.98 Å². The second-order valence-electron chi connectivity index (χ2n) is 10.2. The second kappa shape index (κ2) is 13.3. The van der Waals surface area contributed by atoms with E-state index in [0.29, 0.717) is 0 Å². The molecule has 4 heteroatoms. The van der Waals surface area contributed by atoms with Gasteiger partial charge in [0.2, 0.25) is 0 Å². The number of aliphatic imine (C=N–C) groups is 2. The zero-order valence-electron chi connectivity index (χ0n) is 23.3. The van der Waals surface area contributed by atoms with Crippen LogP contribution in [0.3, 0.4) is 0 Å². The molecule has 0 saturated heterocycles. The molecule has 2 nitrogen and oxygen atoms in total. The van der Waals surface area contributed by atoms with Gasteiger partial charge in [-0.15, -0.1) is 0 Å². The van der Waals surface area contributed by atoms with Gasteiger partial charge in [-0.3, -0.25) is 9.98 Å². The summed E-state index contributed by atoms with van der Waals surface area (Å²) in [5.41, 5.74) is 8.09. The highest BCUT2D eigenvalue weighted by molar-refractivity contribution is 9.10. The molecular formula is C39H28Br2N2. The lowest BCUT2D eigenvalue weighted by atomic mass is 9.65. The Labute approximate surface area is 269 Å². The maximum atomic E-state index is 4.75. The van der Waals surface area contributed by atoms with Gasteiger partial charge in [-0.25, -0.2) is 0 Å². The minimum absolute atomic E-state index is 0.537. The molecule has 0 spiro atoms. The van der Waals surface area contributed by atoms with Crippen molar-refractivity contribution < 1.29 is 0 Å². The predicted molar refractivity (Wildman–Crippen MR) is 188 cm³/mol. The van der Waals surface area contributed by atoms with Crippen molar-refractivity contribution in [1.29, 1.82) is 0 Å². The molecule has 0 N–H and O–H groups in total. The second-order valence-corrected chi connectivity index (χ2v) is 12.0. The zero-order valence-corrected chi connectivity index (χ0v) is 26.5. The average Bonchev–Trinajstić information content (AvgIpc) is 3.07. The summed E-state index contributed by atoms with van der Waals surface area (Å²) >= 11 is 6.99. The lowest BCUT2D eigenvalue weighted by Gasteiger charge is -2.37. The van der Waals surface area contributed by atoms with Crippen molar-refractivity contribution >= 4 is 55.7 Å². The number of rotatable bonds is 8. The molecular weight excluding hydrogens is 656 g/mol. The van der Waals surface area contributed by atoms with Gasteiger partial charge in [0, 0.05) is 21.4 Å². The standard InChI is InChI=1S/C39H28Br2N2/c40-35-19-11-29(12-20-35)27-42-37-23-15-33(16-24-37)39(31-7-3-1-4-8-31,32-9-5-2-6-10-32)34-17-25-38(26-18-34)43-28-30-13-21-36(41)22-14-30/h1-28H. The Balaban J connectivity index is 1.43. The maximum absolute atomic E-state index is 4.75. The van der Waals surface area contributed by atoms with Crippen LogP contribution in [0.25, 0.3) is 0 Å². The van der Waals surface area contributed by atoms with E-state index in [1.165, 1.54) is 22.3 Å². The number of hydrogen-bond donors (Lipinski definition) is 0. The van der Waals surface area contributed by atoms with Gasteiger partial charge in [-0.2, -0.15) is 0 Å². The van der Waals surface area contributed by atoms with E-state index in [9.17, 15) is 0 Å². The minimum Gasteiger partial charge on any atom is -0.256 e. The quantitative estimate of drug-likeness (QED) is 0.113. The first-order chi connectivity index (χ1) is 21.1. The fourth-order valence-electron chi connectivity index (χ4n) is 5.37. The zero-order chi connectivity index (χ0) is 29.5. The molecule has 0 unspecified atom stereocenters. The Bertz CT molecular complexity index is 1690. The molecule has 6 aromatic carbocycles. The van der Waals surface area contributed by atoms with Crippen LogP contribution in [-0.2, 0) is 5.41 Å². The highest BCUT2D eigenvalue weighted by Gasteiger charge is 2.38. The summed E-state index contributed by atoms with van der Waals surface area (Å²) in [4.78, 5) is 9.50.